The van der Waals surface area contributed by atoms with E-state index in [2.05, 4.69) is 5.10 Å². The number of nitrogens with one attached hydrogen (secondary N) is 1. The number of nitrogens with zero attached hydrogens (tertiary/aromatic N) is 1. The molecule has 10 heteroatoms. The zero-order valence-corrected chi connectivity index (χ0v) is 10.7. The van der Waals surface area contributed by atoms with Gasteiger partial charge in [0.1, 0.15) is 0 Å². The molecule has 1 aromatic heterocycles. The molecule has 2 aromatic rings. The third kappa shape index (κ3) is 3.09. The molecule has 1 atom stereocenters. The van der Waals surface area contributed by atoms with Crippen molar-refractivity contribution in [3.05, 3.63) is 36.0 Å². The van der Waals surface area contributed by atoms with Gasteiger partial charge in [-0.2, -0.15) is 31.4 Å². The molecule has 0 amide bonds. The Bertz CT molecular complexity index is 676. The Labute approximate surface area is 116 Å². The summed E-state index contributed by atoms with van der Waals surface area (Å²) in [7, 11) is -3.48. The van der Waals surface area contributed by atoms with E-state index in [1.165, 1.54) is 6.07 Å². The van der Waals surface area contributed by atoms with E-state index in [0.717, 1.165) is 18.2 Å². The molecule has 0 saturated heterocycles. The van der Waals surface area contributed by atoms with Crippen LogP contribution in [0.15, 0.2) is 35.4 Å². The van der Waals surface area contributed by atoms with Crippen LogP contribution in [0.3, 0.4) is 0 Å². The largest absolute Gasteiger partial charge is 0.475 e. The molecule has 3 nitrogen and oxygen atoms in total. The third-order valence-electron chi connectivity index (χ3n) is 2.52. The fraction of sp³-hybridized carbons (Fsp3) is 0.182. The van der Waals surface area contributed by atoms with Gasteiger partial charge in [0, 0.05) is 5.56 Å². The predicted octanol–water partition coefficient (Wildman–Crippen LogP) is 3.72. The average molecular weight is 328 g/mol. The van der Waals surface area contributed by atoms with Crippen molar-refractivity contribution in [1.82, 2.24) is 10.2 Å². The highest BCUT2D eigenvalue weighted by Gasteiger charge is 2.41. The second kappa shape index (κ2) is 5.17. The molecule has 0 saturated carbocycles. The van der Waals surface area contributed by atoms with E-state index < -0.39 is 44.2 Å². The second-order valence-corrected chi connectivity index (χ2v) is 5.31. The smallest absolute Gasteiger partial charge is 0.277 e. The van der Waals surface area contributed by atoms with Gasteiger partial charge in [-0.3, -0.25) is 5.10 Å². The van der Waals surface area contributed by atoms with Gasteiger partial charge in [-0.05, 0) is 6.07 Å². The van der Waals surface area contributed by atoms with E-state index in [4.69, 9.17) is 0 Å². The number of H-pyrrole nitrogens is 1. The fourth-order valence-electron chi connectivity index (χ4n) is 1.68. The van der Waals surface area contributed by atoms with Gasteiger partial charge in [-0.25, -0.2) is 4.21 Å². The first kappa shape index (κ1) is 15.5. The molecular formula is C11H6F6N2OS. The predicted molar refractivity (Wildman–Crippen MR) is 61.5 cm³/mol. The normalized spacial score (nSPS) is 14.2. The van der Waals surface area contributed by atoms with Crippen LogP contribution in [0.1, 0.15) is 5.56 Å². The Morgan fingerprint density at radius 3 is 2.24 bits per heavy atom. The molecule has 0 bridgehead atoms. The molecule has 0 aliphatic carbocycles. The highest BCUT2D eigenvalue weighted by Crippen LogP contribution is 2.39. The van der Waals surface area contributed by atoms with Crippen LogP contribution in [-0.2, 0) is 17.0 Å². The second-order valence-electron chi connectivity index (χ2n) is 3.87. The first-order valence-electron chi connectivity index (χ1n) is 5.31. The lowest BCUT2D eigenvalue weighted by molar-refractivity contribution is -0.137. The summed E-state index contributed by atoms with van der Waals surface area (Å²) in [6, 6.07) is 4.03. The molecule has 0 spiro atoms. The number of aromatic amines is 1. The van der Waals surface area contributed by atoms with Crippen LogP contribution in [0.25, 0.3) is 11.3 Å². The van der Waals surface area contributed by atoms with Crippen molar-refractivity contribution >= 4 is 10.8 Å². The Morgan fingerprint density at radius 1 is 1.05 bits per heavy atom. The molecule has 1 unspecified atom stereocenters. The van der Waals surface area contributed by atoms with Gasteiger partial charge < -0.3 is 0 Å². The summed E-state index contributed by atoms with van der Waals surface area (Å²) in [5.74, 6) is 0. The quantitative estimate of drug-likeness (QED) is 0.854. The lowest BCUT2D eigenvalue weighted by Gasteiger charge is -2.13. The van der Waals surface area contributed by atoms with E-state index in [-0.39, 0.29) is 0 Å². The van der Waals surface area contributed by atoms with Crippen molar-refractivity contribution in [3.63, 3.8) is 0 Å². The third-order valence-corrected chi connectivity index (χ3v) is 3.65. The molecular weight excluding hydrogens is 322 g/mol. The number of halogens is 6. The number of hydrogen-bond donors (Lipinski definition) is 1. The molecule has 1 N–H and O–H groups in total. The highest BCUT2D eigenvalue weighted by molar-refractivity contribution is 7.86. The summed E-state index contributed by atoms with van der Waals surface area (Å²) in [6.07, 6.45) is -4.16. The minimum absolute atomic E-state index is 0.546. The van der Waals surface area contributed by atoms with Crippen molar-refractivity contribution in [2.45, 2.75) is 16.6 Å². The van der Waals surface area contributed by atoms with Crippen LogP contribution < -0.4 is 0 Å². The first-order chi connectivity index (χ1) is 9.62. The van der Waals surface area contributed by atoms with E-state index in [9.17, 15) is 30.6 Å². The molecule has 2 rings (SSSR count). The molecule has 21 heavy (non-hydrogen) atoms. The van der Waals surface area contributed by atoms with Crippen LogP contribution >= 0.6 is 0 Å². The maximum atomic E-state index is 12.9. The first-order valence-corrected chi connectivity index (χ1v) is 6.46. The van der Waals surface area contributed by atoms with Crippen LogP contribution in [0.2, 0.25) is 0 Å². The zero-order chi connectivity index (χ0) is 15.8. The lowest BCUT2D eigenvalue weighted by Crippen LogP contribution is -2.16. The van der Waals surface area contributed by atoms with Crippen molar-refractivity contribution in [3.8, 4) is 11.3 Å². The van der Waals surface area contributed by atoms with Crippen molar-refractivity contribution < 1.29 is 30.6 Å². The number of alkyl halides is 6. The van der Waals surface area contributed by atoms with Gasteiger partial charge in [-0.15, -0.1) is 0 Å². The molecule has 1 heterocycles. The summed E-state index contributed by atoms with van der Waals surface area (Å²) in [5, 5.41) is 5.32. The lowest BCUT2D eigenvalue weighted by atomic mass is 10.0. The number of benzene rings is 1. The topological polar surface area (TPSA) is 45.8 Å². The highest BCUT2D eigenvalue weighted by atomic mass is 32.2. The van der Waals surface area contributed by atoms with Gasteiger partial charge in [-0.1, -0.05) is 18.2 Å². The van der Waals surface area contributed by atoms with Gasteiger partial charge in [0.25, 0.3) is 0 Å². The fourth-order valence-corrected chi connectivity index (χ4v) is 2.42. The van der Waals surface area contributed by atoms with E-state index in [1.54, 1.807) is 0 Å². The van der Waals surface area contributed by atoms with Crippen molar-refractivity contribution in [2.24, 2.45) is 0 Å². The Morgan fingerprint density at radius 2 is 1.67 bits per heavy atom. The summed E-state index contributed by atoms with van der Waals surface area (Å²) in [6.45, 7) is 0. The van der Waals surface area contributed by atoms with Crippen LogP contribution in [-0.4, -0.2) is 19.9 Å². The van der Waals surface area contributed by atoms with E-state index in [0.29, 0.717) is 6.20 Å². The minimum atomic E-state index is -5.09. The summed E-state index contributed by atoms with van der Waals surface area (Å²) < 4.78 is 87.4. The summed E-state index contributed by atoms with van der Waals surface area (Å²) in [4.78, 5) is -0.848. The molecule has 0 radical (unpaired) electrons. The average Bonchev–Trinajstić information content (AvgIpc) is 2.84. The summed E-state index contributed by atoms with van der Waals surface area (Å²) >= 11 is 0. The SMILES string of the molecule is O=S(c1cn[nH]c1-c1ccccc1C(F)(F)F)C(F)(F)F. The summed E-state index contributed by atoms with van der Waals surface area (Å²) in [5.41, 5.74) is -7.35. The molecule has 1 aromatic carbocycles. The number of rotatable bonds is 2. The van der Waals surface area contributed by atoms with E-state index >= 15 is 0 Å². The van der Waals surface area contributed by atoms with Crippen LogP contribution in [0.5, 0.6) is 0 Å². The number of aromatic nitrogens is 2. The molecule has 0 aliphatic heterocycles. The Kier molecular flexibility index (Phi) is 3.83. The van der Waals surface area contributed by atoms with Gasteiger partial charge >= 0.3 is 11.7 Å². The molecule has 0 fully saturated rings. The minimum Gasteiger partial charge on any atom is -0.277 e. The van der Waals surface area contributed by atoms with Crippen molar-refractivity contribution in [1.29, 1.82) is 0 Å². The van der Waals surface area contributed by atoms with Crippen molar-refractivity contribution in [2.75, 3.05) is 0 Å². The van der Waals surface area contributed by atoms with E-state index in [1.807, 2.05) is 5.10 Å². The van der Waals surface area contributed by atoms with Crippen LogP contribution in [0, 0.1) is 0 Å². The zero-order valence-electron chi connectivity index (χ0n) is 9.92. The Hall–Kier alpha value is -1.84. The maximum Gasteiger partial charge on any atom is 0.475 e. The number of hydrogen-bond acceptors (Lipinski definition) is 2. The van der Waals surface area contributed by atoms with Gasteiger partial charge in [0.15, 0.2) is 10.8 Å². The molecule has 114 valence electrons. The maximum absolute atomic E-state index is 12.9. The van der Waals surface area contributed by atoms with Gasteiger partial charge in [0.05, 0.1) is 22.3 Å². The standard InChI is InChI=1S/C11H6F6N2OS/c12-10(13,14)7-4-2-1-3-6(7)9-8(5-18-19-9)21(20)11(15,16)17/h1-5H,(H,18,19). The molecule has 0 aliphatic rings. The monoisotopic (exact) mass is 328 g/mol. The Balaban J connectivity index is 2.61. The van der Waals surface area contributed by atoms with Crippen LogP contribution in [0.4, 0.5) is 26.3 Å². The van der Waals surface area contributed by atoms with Gasteiger partial charge in [0.2, 0.25) is 0 Å².